The fourth-order valence-corrected chi connectivity index (χ4v) is 3.40. The summed E-state index contributed by atoms with van der Waals surface area (Å²) in [5.41, 5.74) is 4.89. The Morgan fingerprint density at radius 3 is 2.76 bits per heavy atom. The largest absolute Gasteiger partial charge is 0.389 e. The Morgan fingerprint density at radius 2 is 2.24 bits per heavy atom. The number of aliphatic hydroxyl groups is 2. The smallest absolute Gasteiger partial charge is 0.350 e. The van der Waals surface area contributed by atoms with Crippen LogP contribution in [0.3, 0.4) is 0 Å². The summed E-state index contributed by atoms with van der Waals surface area (Å²) in [6.07, 6.45) is 0.444. The molecule has 0 amide bonds. The quantitative estimate of drug-likeness (QED) is 0.664. The molecule has 7 heteroatoms. The lowest BCUT2D eigenvalue weighted by atomic mass is 10.1. The van der Waals surface area contributed by atoms with E-state index in [0.29, 0.717) is 0 Å². The summed E-state index contributed by atoms with van der Waals surface area (Å²) >= 11 is 1.38. The summed E-state index contributed by atoms with van der Waals surface area (Å²) in [5, 5.41) is 19.1. The van der Waals surface area contributed by atoms with Crippen LogP contribution < -0.4 is 11.4 Å². The molecule has 0 radical (unpaired) electrons. The lowest BCUT2D eigenvalue weighted by Gasteiger charge is -2.17. The number of hydrogen-bond acceptors (Lipinski definition) is 6. The number of aromatic nitrogens is 2. The van der Waals surface area contributed by atoms with Gasteiger partial charge in [0.2, 0.25) is 0 Å². The predicted octanol–water partition coefficient (Wildman–Crippen LogP) is -0.429. The highest BCUT2D eigenvalue weighted by Crippen LogP contribution is 2.42. The molecule has 4 N–H and O–H groups in total. The lowest BCUT2D eigenvalue weighted by Crippen LogP contribution is -2.35. The molecule has 2 rings (SSSR count). The van der Waals surface area contributed by atoms with Crippen molar-refractivity contribution < 1.29 is 10.2 Å². The Balaban J connectivity index is 2.32. The maximum atomic E-state index is 11.6. The number of nitrogens with zero attached hydrogens (tertiary/aromatic N) is 2. The first-order valence-corrected chi connectivity index (χ1v) is 6.35. The number of rotatable bonds is 2. The van der Waals surface area contributed by atoms with Gasteiger partial charge in [0.15, 0.2) is 0 Å². The number of nitrogens with two attached hydrogens (primary N) is 1. The third kappa shape index (κ3) is 2.18. The van der Waals surface area contributed by atoms with E-state index < -0.39 is 23.3 Å². The highest BCUT2D eigenvalue weighted by molar-refractivity contribution is 8.00. The molecular formula is C10H15N3O3S. The highest BCUT2D eigenvalue weighted by Gasteiger charge is 2.42. The molecule has 94 valence electrons. The standard InChI is InChI=1S/C10H15N3O3S/c1-2-5-7(14)8(15)9(17-5)13-4-3-6(11)12-10(13)16/h3-5,7-9,14-15H,2H2,1H3,(H2,11,12,16)/t5-,7-,8-,9-/m1/s1. The second-order valence-corrected chi connectivity index (χ2v) is 5.36. The van der Waals surface area contributed by atoms with Gasteiger partial charge < -0.3 is 15.9 Å². The van der Waals surface area contributed by atoms with Crippen LogP contribution >= 0.6 is 11.8 Å². The molecule has 1 fully saturated rings. The zero-order valence-corrected chi connectivity index (χ0v) is 10.2. The van der Waals surface area contributed by atoms with E-state index in [4.69, 9.17) is 5.73 Å². The lowest BCUT2D eigenvalue weighted by molar-refractivity contribution is 0.0168. The first-order chi connectivity index (χ1) is 8.04. The minimum absolute atomic E-state index is 0.0700. The molecule has 0 aromatic carbocycles. The van der Waals surface area contributed by atoms with Crippen molar-refractivity contribution in [1.29, 1.82) is 0 Å². The van der Waals surface area contributed by atoms with Gasteiger partial charge in [-0.25, -0.2) is 4.79 Å². The third-order valence-electron chi connectivity index (χ3n) is 2.87. The van der Waals surface area contributed by atoms with E-state index >= 15 is 0 Å². The molecule has 0 saturated carbocycles. The van der Waals surface area contributed by atoms with Crippen LogP contribution in [0.2, 0.25) is 0 Å². The van der Waals surface area contributed by atoms with Gasteiger partial charge >= 0.3 is 5.69 Å². The monoisotopic (exact) mass is 257 g/mol. The van der Waals surface area contributed by atoms with Crippen molar-refractivity contribution in [2.75, 3.05) is 5.73 Å². The molecule has 1 aliphatic rings. The SMILES string of the molecule is CC[C@H]1S[C@@H](n2ccc(N)nc2=O)[C@H](O)[C@@H]1O. The zero-order valence-electron chi connectivity index (χ0n) is 9.35. The minimum Gasteiger partial charge on any atom is -0.389 e. The average molecular weight is 257 g/mol. The van der Waals surface area contributed by atoms with Crippen LogP contribution in [0.5, 0.6) is 0 Å². The van der Waals surface area contributed by atoms with Gasteiger partial charge in [0, 0.05) is 11.4 Å². The average Bonchev–Trinajstić information content (AvgIpc) is 2.57. The number of hydrogen-bond donors (Lipinski definition) is 3. The molecule has 0 aliphatic carbocycles. The van der Waals surface area contributed by atoms with Crippen LogP contribution in [0.25, 0.3) is 0 Å². The molecule has 1 aromatic rings. The molecule has 0 unspecified atom stereocenters. The first kappa shape index (κ1) is 12.4. The van der Waals surface area contributed by atoms with E-state index in [-0.39, 0.29) is 11.1 Å². The molecule has 1 saturated heterocycles. The summed E-state index contributed by atoms with van der Waals surface area (Å²) in [6.45, 7) is 1.93. The Kier molecular flexibility index (Phi) is 3.41. The van der Waals surface area contributed by atoms with Gasteiger partial charge in [0.05, 0.1) is 6.10 Å². The van der Waals surface area contributed by atoms with Gasteiger partial charge in [-0.1, -0.05) is 6.92 Å². The van der Waals surface area contributed by atoms with E-state index in [0.717, 1.165) is 6.42 Å². The van der Waals surface area contributed by atoms with Crippen molar-refractivity contribution in [3.05, 3.63) is 22.7 Å². The maximum Gasteiger partial charge on any atom is 0.350 e. The summed E-state index contributed by atoms with van der Waals surface area (Å²) in [6, 6.07) is 1.50. The van der Waals surface area contributed by atoms with Gasteiger partial charge in [-0.05, 0) is 12.5 Å². The fraction of sp³-hybridized carbons (Fsp3) is 0.600. The summed E-state index contributed by atoms with van der Waals surface area (Å²) in [4.78, 5) is 15.2. The molecule has 0 spiro atoms. The second-order valence-electron chi connectivity index (χ2n) is 4.00. The van der Waals surface area contributed by atoms with Gasteiger partial charge in [0.25, 0.3) is 0 Å². The topological polar surface area (TPSA) is 101 Å². The summed E-state index contributed by atoms with van der Waals surface area (Å²) in [7, 11) is 0. The predicted molar refractivity (Wildman–Crippen MR) is 65.6 cm³/mol. The van der Waals surface area contributed by atoms with Gasteiger partial charge in [-0.15, -0.1) is 11.8 Å². The molecule has 1 aromatic heterocycles. The van der Waals surface area contributed by atoms with Gasteiger partial charge in [-0.3, -0.25) is 4.57 Å². The van der Waals surface area contributed by atoms with Crippen molar-refractivity contribution in [1.82, 2.24) is 9.55 Å². The van der Waals surface area contributed by atoms with Gasteiger partial charge in [0.1, 0.15) is 17.3 Å². The number of aliphatic hydroxyl groups excluding tert-OH is 2. The fourth-order valence-electron chi connectivity index (χ4n) is 1.92. The molecule has 17 heavy (non-hydrogen) atoms. The van der Waals surface area contributed by atoms with E-state index in [2.05, 4.69) is 4.98 Å². The van der Waals surface area contributed by atoms with Crippen LogP contribution in [0.15, 0.2) is 17.1 Å². The molecule has 2 heterocycles. The van der Waals surface area contributed by atoms with Crippen molar-refractivity contribution in [2.45, 2.75) is 36.2 Å². The Labute approximate surface area is 102 Å². The number of thioether (sulfide) groups is 1. The zero-order chi connectivity index (χ0) is 12.6. The van der Waals surface area contributed by atoms with E-state index in [1.54, 1.807) is 0 Å². The van der Waals surface area contributed by atoms with Crippen molar-refractivity contribution in [2.24, 2.45) is 0 Å². The van der Waals surface area contributed by atoms with E-state index in [1.807, 2.05) is 6.92 Å². The second kappa shape index (κ2) is 4.67. The number of anilines is 1. The van der Waals surface area contributed by atoms with E-state index in [9.17, 15) is 15.0 Å². The van der Waals surface area contributed by atoms with Crippen LogP contribution in [-0.4, -0.2) is 37.2 Å². The molecule has 6 nitrogen and oxygen atoms in total. The highest BCUT2D eigenvalue weighted by atomic mass is 32.2. The van der Waals surface area contributed by atoms with Crippen molar-refractivity contribution in [3.8, 4) is 0 Å². The Hall–Kier alpha value is -1.05. The minimum atomic E-state index is -0.965. The third-order valence-corrected chi connectivity index (χ3v) is 4.61. The molecule has 0 bridgehead atoms. The van der Waals surface area contributed by atoms with E-state index in [1.165, 1.54) is 28.6 Å². The number of nitrogen functional groups attached to an aromatic ring is 1. The van der Waals surface area contributed by atoms with Crippen LogP contribution in [0.1, 0.15) is 18.7 Å². The molecule has 4 atom stereocenters. The maximum absolute atomic E-state index is 11.6. The van der Waals surface area contributed by atoms with Crippen LogP contribution in [0, 0.1) is 0 Å². The van der Waals surface area contributed by atoms with Crippen LogP contribution in [0.4, 0.5) is 5.82 Å². The van der Waals surface area contributed by atoms with Gasteiger partial charge in [-0.2, -0.15) is 4.98 Å². The normalized spacial score (nSPS) is 32.9. The molecule has 1 aliphatic heterocycles. The summed E-state index contributed by atoms with van der Waals surface area (Å²) in [5.74, 6) is 0.149. The first-order valence-electron chi connectivity index (χ1n) is 5.41. The summed E-state index contributed by atoms with van der Waals surface area (Å²) < 4.78 is 1.31. The Morgan fingerprint density at radius 1 is 1.53 bits per heavy atom. The molecular weight excluding hydrogens is 242 g/mol. The van der Waals surface area contributed by atoms with Crippen molar-refractivity contribution in [3.63, 3.8) is 0 Å². The van der Waals surface area contributed by atoms with Crippen molar-refractivity contribution >= 4 is 17.6 Å². The Bertz CT molecular complexity index is 464. The van der Waals surface area contributed by atoms with Crippen LogP contribution in [-0.2, 0) is 0 Å².